The van der Waals surface area contributed by atoms with Gasteiger partial charge in [0.15, 0.2) is 5.78 Å². The molecule has 1 aliphatic heterocycles. The van der Waals surface area contributed by atoms with Crippen LogP contribution in [0, 0.1) is 5.41 Å². The SMILES string of the molecule is CC1(C)CC(=O)C2=C(C1)N(c1ccc(Cl)cc1)CN(c1ccc(Cl)cc1)C2. The fourth-order valence-corrected chi connectivity index (χ4v) is 4.19. The van der Waals surface area contributed by atoms with Crippen molar-refractivity contribution in [2.24, 2.45) is 5.41 Å². The van der Waals surface area contributed by atoms with Crippen LogP contribution in [0.2, 0.25) is 10.0 Å². The summed E-state index contributed by atoms with van der Waals surface area (Å²) in [5.41, 5.74) is 4.15. The third kappa shape index (κ3) is 3.71. The third-order valence-electron chi connectivity index (χ3n) is 5.29. The number of anilines is 2. The maximum atomic E-state index is 13.0. The Labute approximate surface area is 170 Å². The number of nitrogens with zero attached hydrogens (tertiary/aromatic N) is 2. The fraction of sp³-hybridized carbons (Fsp3) is 0.318. The summed E-state index contributed by atoms with van der Waals surface area (Å²) < 4.78 is 0. The number of carbonyl (C=O) groups excluding carboxylic acids is 1. The Balaban J connectivity index is 1.78. The number of carbonyl (C=O) groups is 1. The van der Waals surface area contributed by atoms with Crippen molar-refractivity contribution < 1.29 is 4.79 Å². The van der Waals surface area contributed by atoms with Gasteiger partial charge >= 0.3 is 0 Å². The largest absolute Gasteiger partial charge is 0.349 e. The number of ketones is 1. The second-order valence-corrected chi connectivity index (χ2v) is 8.96. The van der Waals surface area contributed by atoms with Crippen molar-refractivity contribution in [3.63, 3.8) is 0 Å². The summed E-state index contributed by atoms with van der Waals surface area (Å²) in [6, 6.07) is 15.6. The van der Waals surface area contributed by atoms with Gasteiger partial charge in [0, 0.05) is 45.7 Å². The van der Waals surface area contributed by atoms with Gasteiger partial charge in [0.25, 0.3) is 0 Å². The molecule has 0 radical (unpaired) electrons. The van der Waals surface area contributed by atoms with E-state index in [4.69, 9.17) is 23.2 Å². The van der Waals surface area contributed by atoms with E-state index < -0.39 is 0 Å². The summed E-state index contributed by atoms with van der Waals surface area (Å²) in [5, 5.41) is 1.42. The molecule has 4 rings (SSSR count). The monoisotopic (exact) mass is 400 g/mol. The number of rotatable bonds is 2. The fourth-order valence-electron chi connectivity index (χ4n) is 3.94. The van der Waals surface area contributed by atoms with Gasteiger partial charge in [0.2, 0.25) is 0 Å². The molecule has 2 aliphatic rings. The zero-order valence-electron chi connectivity index (χ0n) is 15.5. The van der Waals surface area contributed by atoms with E-state index in [2.05, 4.69) is 23.6 Å². The lowest BCUT2D eigenvalue weighted by Crippen LogP contribution is -2.48. The molecule has 2 aromatic rings. The number of halogens is 2. The molecule has 27 heavy (non-hydrogen) atoms. The van der Waals surface area contributed by atoms with Gasteiger partial charge in [-0.1, -0.05) is 37.0 Å². The zero-order valence-corrected chi connectivity index (χ0v) is 17.0. The first-order valence-corrected chi connectivity index (χ1v) is 9.87. The van der Waals surface area contributed by atoms with Crippen molar-refractivity contribution in [1.29, 1.82) is 0 Å². The van der Waals surface area contributed by atoms with E-state index in [1.807, 2.05) is 48.5 Å². The molecule has 1 aliphatic carbocycles. The molecular weight excluding hydrogens is 379 g/mol. The van der Waals surface area contributed by atoms with Gasteiger partial charge < -0.3 is 9.80 Å². The average Bonchev–Trinajstić information content (AvgIpc) is 2.62. The lowest BCUT2D eigenvalue weighted by atomic mass is 9.74. The minimum atomic E-state index is -0.0248. The van der Waals surface area contributed by atoms with Crippen LogP contribution in [-0.4, -0.2) is 19.0 Å². The number of hydrogen-bond donors (Lipinski definition) is 0. The minimum absolute atomic E-state index is 0.0248. The Morgan fingerprint density at radius 3 is 2.00 bits per heavy atom. The molecule has 2 aromatic carbocycles. The van der Waals surface area contributed by atoms with Gasteiger partial charge in [-0.2, -0.15) is 0 Å². The van der Waals surface area contributed by atoms with Gasteiger partial charge in [0.1, 0.15) is 0 Å². The molecule has 0 atom stereocenters. The molecule has 0 spiro atoms. The highest BCUT2D eigenvalue weighted by atomic mass is 35.5. The quantitative estimate of drug-likeness (QED) is 0.624. The maximum absolute atomic E-state index is 13.0. The molecule has 140 valence electrons. The molecule has 0 saturated heterocycles. The Morgan fingerprint density at radius 2 is 1.41 bits per heavy atom. The van der Waals surface area contributed by atoms with Crippen LogP contribution in [0.4, 0.5) is 11.4 Å². The van der Waals surface area contributed by atoms with Gasteiger partial charge in [-0.3, -0.25) is 4.79 Å². The topological polar surface area (TPSA) is 23.6 Å². The highest BCUT2D eigenvalue weighted by molar-refractivity contribution is 6.30. The predicted molar refractivity (Wildman–Crippen MR) is 113 cm³/mol. The molecule has 3 nitrogen and oxygen atoms in total. The van der Waals surface area contributed by atoms with Crippen LogP contribution in [0.5, 0.6) is 0 Å². The van der Waals surface area contributed by atoms with E-state index in [0.29, 0.717) is 29.7 Å². The van der Waals surface area contributed by atoms with Gasteiger partial charge in [-0.05, 0) is 60.4 Å². The summed E-state index contributed by atoms with van der Waals surface area (Å²) in [6.07, 6.45) is 1.49. The first-order chi connectivity index (χ1) is 12.8. The molecule has 0 fully saturated rings. The van der Waals surface area contributed by atoms with Gasteiger partial charge in [0.05, 0.1) is 6.67 Å². The summed E-state index contributed by atoms with van der Waals surface area (Å²) >= 11 is 12.1. The van der Waals surface area contributed by atoms with E-state index >= 15 is 0 Å². The number of hydrogen-bond acceptors (Lipinski definition) is 3. The second kappa shape index (κ2) is 6.88. The van der Waals surface area contributed by atoms with Crippen molar-refractivity contribution in [2.75, 3.05) is 23.0 Å². The third-order valence-corrected chi connectivity index (χ3v) is 5.79. The standard InChI is InChI=1S/C22H22Cl2N2O/c1-22(2)11-20-19(21(27)12-22)13-25(17-7-3-15(23)4-8-17)14-26(20)18-9-5-16(24)6-10-18/h3-10H,11-14H2,1-2H3. The highest BCUT2D eigenvalue weighted by Crippen LogP contribution is 2.42. The van der Waals surface area contributed by atoms with Crippen molar-refractivity contribution >= 4 is 40.4 Å². The maximum Gasteiger partial charge on any atom is 0.162 e. The van der Waals surface area contributed by atoms with Crippen molar-refractivity contribution in [3.05, 3.63) is 69.8 Å². The Morgan fingerprint density at radius 1 is 0.852 bits per heavy atom. The van der Waals surface area contributed by atoms with E-state index in [1.54, 1.807) is 0 Å². The van der Waals surface area contributed by atoms with Crippen molar-refractivity contribution in [2.45, 2.75) is 26.7 Å². The summed E-state index contributed by atoms with van der Waals surface area (Å²) in [7, 11) is 0. The number of Topliss-reactive ketones (excluding diaryl/α,β-unsaturated/α-hetero) is 1. The predicted octanol–water partition coefficient (Wildman–Crippen LogP) is 5.92. The Bertz CT molecular complexity index is 901. The van der Waals surface area contributed by atoms with Crippen LogP contribution in [0.1, 0.15) is 26.7 Å². The Kier molecular flexibility index (Phi) is 4.69. The molecule has 0 bridgehead atoms. The molecule has 0 N–H and O–H groups in total. The van der Waals surface area contributed by atoms with E-state index in [9.17, 15) is 4.79 Å². The summed E-state index contributed by atoms with van der Waals surface area (Å²) in [4.78, 5) is 17.4. The molecule has 0 saturated carbocycles. The summed E-state index contributed by atoms with van der Waals surface area (Å²) in [5.74, 6) is 0.249. The lowest BCUT2D eigenvalue weighted by molar-refractivity contribution is -0.118. The number of allylic oxidation sites excluding steroid dienone is 1. The van der Waals surface area contributed by atoms with Gasteiger partial charge in [-0.15, -0.1) is 0 Å². The van der Waals surface area contributed by atoms with Crippen LogP contribution in [-0.2, 0) is 4.79 Å². The van der Waals surface area contributed by atoms with Crippen molar-refractivity contribution in [1.82, 2.24) is 0 Å². The zero-order chi connectivity index (χ0) is 19.2. The van der Waals surface area contributed by atoms with E-state index in [1.165, 1.54) is 0 Å². The van der Waals surface area contributed by atoms with Crippen LogP contribution >= 0.6 is 23.2 Å². The minimum Gasteiger partial charge on any atom is -0.349 e. The normalized spacial score (nSPS) is 19.3. The molecule has 0 amide bonds. The smallest absolute Gasteiger partial charge is 0.162 e. The van der Waals surface area contributed by atoms with Gasteiger partial charge in [-0.25, -0.2) is 0 Å². The molecule has 1 heterocycles. The summed E-state index contributed by atoms with van der Waals surface area (Å²) in [6.45, 7) is 5.65. The van der Waals surface area contributed by atoms with E-state index in [-0.39, 0.29) is 11.2 Å². The average molecular weight is 401 g/mol. The lowest BCUT2D eigenvalue weighted by Gasteiger charge is -2.45. The van der Waals surface area contributed by atoms with Crippen LogP contribution < -0.4 is 9.80 Å². The first kappa shape index (κ1) is 18.4. The molecular formula is C22H22Cl2N2O. The number of benzene rings is 2. The molecule has 0 unspecified atom stereocenters. The van der Waals surface area contributed by atoms with E-state index in [0.717, 1.165) is 29.1 Å². The molecule has 0 aromatic heterocycles. The van der Waals surface area contributed by atoms with Crippen LogP contribution in [0.15, 0.2) is 59.8 Å². The highest BCUT2D eigenvalue weighted by Gasteiger charge is 2.39. The van der Waals surface area contributed by atoms with Crippen molar-refractivity contribution in [3.8, 4) is 0 Å². The van der Waals surface area contributed by atoms with Crippen LogP contribution in [0.25, 0.3) is 0 Å². The molecule has 5 heteroatoms. The first-order valence-electron chi connectivity index (χ1n) is 9.11. The second-order valence-electron chi connectivity index (χ2n) is 8.09. The van der Waals surface area contributed by atoms with Crippen LogP contribution in [0.3, 0.4) is 0 Å². The Hall–Kier alpha value is -1.97.